The van der Waals surface area contributed by atoms with E-state index < -0.39 is 0 Å². The van der Waals surface area contributed by atoms with Crippen LogP contribution in [0.2, 0.25) is 0 Å². The fraction of sp³-hybridized carbons (Fsp3) is 0.118. The molecule has 0 radical (unpaired) electrons. The van der Waals surface area contributed by atoms with Crippen LogP contribution in [-0.4, -0.2) is 16.0 Å². The van der Waals surface area contributed by atoms with Crippen molar-refractivity contribution in [3.63, 3.8) is 0 Å². The first-order chi connectivity index (χ1) is 10.7. The van der Waals surface area contributed by atoms with Crippen molar-refractivity contribution in [1.29, 1.82) is 0 Å². The number of rotatable bonds is 4. The third kappa shape index (κ3) is 3.20. The summed E-state index contributed by atoms with van der Waals surface area (Å²) < 4.78 is 5.26. The number of hydrogen-bond acceptors (Lipinski definition) is 4. The molecule has 0 fully saturated rings. The van der Waals surface area contributed by atoms with E-state index in [1.54, 1.807) is 18.3 Å². The molecule has 22 heavy (non-hydrogen) atoms. The van der Waals surface area contributed by atoms with E-state index in [0.29, 0.717) is 11.3 Å². The second-order valence-corrected chi connectivity index (χ2v) is 4.97. The largest absolute Gasteiger partial charge is 0.359 e. The molecular formula is C17H15N3O2. The molecule has 2 heterocycles. The highest BCUT2D eigenvalue weighted by atomic mass is 16.5. The minimum absolute atomic E-state index is 0.193. The van der Waals surface area contributed by atoms with E-state index in [1.165, 1.54) is 11.8 Å². The molecule has 0 aliphatic rings. The minimum atomic E-state index is -0.193. The zero-order valence-corrected chi connectivity index (χ0v) is 12.1. The van der Waals surface area contributed by atoms with E-state index in [2.05, 4.69) is 15.5 Å². The molecule has 0 unspecified atom stereocenters. The van der Waals surface area contributed by atoms with Gasteiger partial charge in [-0.3, -0.25) is 9.78 Å². The normalized spacial score (nSPS) is 10.4. The summed E-state index contributed by atoms with van der Waals surface area (Å²) in [5.74, 6) is 0.411. The van der Waals surface area contributed by atoms with E-state index in [-0.39, 0.29) is 12.5 Å². The van der Waals surface area contributed by atoms with Gasteiger partial charge in [0.25, 0.3) is 5.91 Å². The van der Waals surface area contributed by atoms with Crippen molar-refractivity contribution >= 4 is 5.91 Å². The van der Waals surface area contributed by atoms with Crippen LogP contribution in [0.3, 0.4) is 0 Å². The van der Waals surface area contributed by atoms with E-state index in [4.69, 9.17) is 4.52 Å². The number of hydrogen-bond donors (Lipinski definition) is 1. The number of nitrogens with one attached hydrogen (secondary N) is 1. The summed E-state index contributed by atoms with van der Waals surface area (Å²) in [7, 11) is 0. The van der Waals surface area contributed by atoms with E-state index in [1.807, 2.05) is 37.3 Å². The molecule has 1 N–H and O–H groups in total. The zero-order valence-electron chi connectivity index (χ0n) is 12.1. The lowest BCUT2D eigenvalue weighted by Gasteiger charge is -2.01. The number of carbonyl (C=O) groups excluding carboxylic acids is 1. The quantitative estimate of drug-likeness (QED) is 0.803. The molecule has 0 saturated heterocycles. The summed E-state index contributed by atoms with van der Waals surface area (Å²) in [6.07, 6.45) is 3.15. The summed E-state index contributed by atoms with van der Waals surface area (Å²) in [6, 6.07) is 13.3. The Hall–Kier alpha value is -2.95. The van der Waals surface area contributed by atoms with Crippen LogP contribution in [0.15, 0.2) is 59.4 Å². The second kappa shape index (κ2) is 6.22. The minimum Gasteiger partial charge on any atom is -0.359 e. The second-order valence-electron chi connectivity index (χ2n) is 4.97. The van der Waals surface area contributed by atoms with Crippen LogP contribution in [0.25, 0.3) is 11.3 Å². The molecule has 5 nitrogen and oxygen atoms in total. The molecule has 0 spiro atoms. The number of pyridine rings is 1. The Labute approximate surface area is 128 Å². The van der Waals surface area contributed by atoms with E-state index in [0.717, 1.165) is 11.3 Å². The molecule has 110 valence electrons. The van der Waals surface area contributed by atoms with Gasteiger partial charge < -0.3 is 9.84 Å². The first-order valence-electron chi connectivity index (χ1n) is 6.93. The number of carbonyl (C=O) groups is 1. The van der Waals surface area contributed by atoms with E-state index in [9.17, 15) is 4.79 Å². The molecule has 3 aromatic rings. The maximum absolute atomic E-state index is 11.9. The summed E-state index contributed by atoms with van der Waals surface area (Å²) in [6.45, 7) is 2.32. The van der Waals surface area contributed by atoms with Crippen LogP contribution in [-0.2, 0) is 6.54 Å². The standard InChI is InChI=1S/C17H15N3O2/c1-12-4-6-13(7-5-12)16-9-15(22-20-16)11-19-17(21)14-3-2-8-18-10-14/h2-10H,11H2,1H3,(H,19,21). The van der Waals surface area contributed by atoms with Crippen molar-refractivity contribution in [2.75, 3.05) is 0 Å². The monoisotopic (exact) mass is 293 g/mol. The van der Waals surface area contributed by atoms with Gasteiger partial charge >= 0.3 is 0 Å². The molecule has 1 amide bonds. The van der Waals surface area contributed by atoms with Gasteiger partial charge in [-0.1, -0.05) is 35.0 Å². The average molecular weight is 293 g/mol. The Morgan fingerprint density at radius 1 is 1.23 bits per heavy atom. The van der Waals surface area contributed by atoms with Gasteiger partial charge in [-0.05, 0) is 19.1 Å². The Bertz CT molecular complexity index is 764. The fourth-order valence-corrected chi connectivity index (χ4v) is 2.02. The number of benzene rings is 1. The molecule has 0 atom stereocenters. The average Bonchev–Trinajstić information content (AvgIpc) is 3.03. The predicted molar refractivity (Wildman–Crippen MR) is 82.1 cm³/mol. The van der Waals surface area contributed by atoms with Gasteiger partial charge in [-0.2, -0.15) is 0 Å². The van der Waals surface area contributed by atoms with Crippen LogP contribution < -0.4 is 5.32 Å². The third-order valence-corrected chi connectivity index (χ3v) is 3.25. The lowest BCUT2D eigenvalue weighted by atomic mass is 10.1. The van der Waals surface area contributed by atoms with E-state index >= 15 is 0 Å². The molecule has 0 saturated carbocycles. The van der Waals surface area contributed by atoms with Gasteiger partial charge in [-0.25, -0.2) is 0 Å². The molecule has 0 bridgehead atoms. The maximum atomic E-state index is 11.9. The van der Waals surface area contributed by atoms with Crippen molar-refractivity contribution in [3.8, 4) is 11.3 Å². The third-order valence-electron chi connectivity index (χ3n) is 3.25. The van der Waals surface area contributed by atoms with Crippen molar-refractivity contribution in [1.82, 2.24) is 15.5 Å². The Morgan fingerprint density at radius 2 is 2.05 bits per heavy atom. The van der Waals surface area contributed by atoms with Crippen molar-refractivity contribution < 1.29 is 9.32 Å². The first kappa shape index (κ1) is 14.0. The Balaban J connectivity index is 1.65. The lowest BCUT2D eigenvalue weighted by molar-refractivity contribution is 0.0946. The number of nitrogens with zero attached hydrogens (tertiary/aromatic N) is 2. The van der Waals surface area contributed by atoms with Crippen molar-refractivity contribution in [2.24, 2.45) is 0 Å². The zero-order chi connectivity index (χ0) is 15.4. The van der Waals surface area contributed by atoms with Gasteiger partial charge in [0.1, 0.15) is 5.69 Å². The summed E-state index contributed by atoms with van der Waals surface area (Å²) in [4.78, 5) is 15.8. The number of aryl methyl sites for hydroxylation is 1. The van der Waals surface area contributed by atoms with Crippen LogP contribution in [0, 0.1) is 6.92 Å². The molecule has 0 aliphatic heterocycles. The summed E-state index contributed by atoms with van der Waals surface area (Å²) >= 11 is 0. The van der Waals surface area contributed by atoms with Crippen LogP contribution >= 0.6 is 0 Å². The smallest absolute Gasteiger partial charge is 0.253 e. The summed E-state index contributed by atoms with van der Waals surface area (Å²) in [5, 5.41) is 6.80. The molecule has 3 rings (SSSR count). The molecule has 5 heteroatoms. The van der Waals surface area contributed by atoms with Crippen molar-refractivity contribution in [2.45, 2.75) is 13.5 Å². The van der Waals surface area contributed by atoms with Gasteiger partial charge in [0.2, 0.25) is 0 Å². The van der Waals surface area contributed by atoms with Crippen molar-refractivity contribution in [3.05, 3.63) is 71.7 Å². The molecule has 2 aromatic heterocycles. The molecule has 0 aliphatic carbocycles. The number of amides is 1. The van der Waals surface area contributed by atoms with Gasteiger partial charge in [0.05, 0.1) is 12.1 Å². The Kier molecular flexibility index (Phi) is 3.96. The predicted octanol–water partition coefficient (Wildman–Crippen LogP) is 2.98. The lowest BCUT2D eigenvalue weighted by Crippen LogP contribution is -2.22. The highest BCUT2D eigenvalue weighted by Gasteiger charge is 2.09. The molecular weight excluding hydrogens is 278 g/mol. The highest BCUT2D eigenvalue weighted by Crippen LogP contribution is 2.19. The number of aromatic nitrogens is 2. The first-order valence-corrected chi connectivity index (χ1v) is 6.93. The fourth-order valence-electron chi connectivity index (χ4n) is 2.02. The highest BCUT2D eigenvalue weighted by molar-refractivity contribution is 5.93. The SMILES string of the molecule is Cc1ccc(-c2cc(CNC(=O)c3cccnc3)on2)cc1. The topological polar surface area (TPSA) is 68.0 Å². The summed E-state index contributed by atoms with van der Waals surface area (Å²) in [5.41, 5.74) is 3.45. The van der Waals surface area contributed by atoms with Gasteiger partial charge in [0.15, 0.2) is 5.76 Å². The van der Waals surface area contributed by atoms with Crippen LogP contribution in [0.1, 0.15) is 21.7 Å². The molecule has 1 aromatic carbocycles. The van der Waals surface area contributed by atoms with Gasteiger partial charge in [0, 0.05) is 24.0 Å². The van der Waals surface area contributed by atoms with Crippen LogP contribution in [0.5, 0.6) is 0 Å². The van der Waals surface area contributed by atoms with Gasteiger partial charge in [-0.15, -0.1) is 0 Å². The maximum Gasteiger partial charge on any atom is 0.253 e. The Morgan fingerprint density at radius 3 is 2.77 bits per heavy atom. The van der Waals surface area contributed by atoms with Crippen LogP contribution in [0.4, 0.5) is 0 Å².